The molecule has 2 aromatic rings. The highest BCUT2D eigenvalue weighted by molar-refractivity contribution is 6.51. The Kier molecular flexibility index (Phi) is 2.43. The van der Waals surface area contributed by atoms with Gasteiger partial charge in [-0.1, -0.05) is 42.5 Å². The van der Waals surface area contributed by atoms with Gasteiger partial charge in [0.05, 0.1) is 0 Å². The summed E-state index contributed by atoms with van der Waals surface area (Å²) in [7, 11) is 2.18. The summed E-state index contributed by atoms with van der Waals surface area (Å²) in [4.78, 5) is 0. The summed E-state index contributed by atoms with van der Waals surface area (Å²) in [6, 6.07) is 14.7. The standard InChI is InChI=1S/C11H10OSi/c1-12-13-11-8-4-6-9-5-2-3-7-10(9)11/h2-8H,1H3. The fourth-order valence-electron chi connectivity index (χ4n) is 1.42. The third-order valence-corrected chi connectivity index (χ3v) is 2.86. The molecule has 2 radical (unpaired) electrons. The van der Waals surface area contributed by atoms with Gasteiger partial charge in [-0.3, -0.25) is 0 Å². The monoisotopic (exact) mass is 186 g/mol. The van der Waals surface area contributed by atoms with E-state index >= 15 is 0 Å². The molecule has 0 atom stereocenters. The van der Waals surface area contributed by atoms with Crippen molar-refractivity contribution in [2.45, 2.75) is 0 Å². The molecule has 13 heavy (non-hydrogen) atoms. The fraction of sp³-hybridized carbons (Fsp3) is 0.0909. The minimum atomic E-state index is 0.441. The van der Waals surface area contributed by atoms with Crippen LogP contribution in [0.1, 0.15) is 0 Å². The Morgan fingerprint density at radius 1 is 1.00 bits per heavy atom. The highest BCUT2D eigenvalue weighted by atomic mass is 28.2. The molecule has 0 N–H and O–H groups in total. The molecule has 0 amide bonds. The summed E-state index contributed by atoms with van der Waals surface area (Å²) in [5.41, 5.74) is 0. The van der Waals surface area contributed by atoms with Gasteiger partial charge in [0.25, 0.3) is 9.76 Å². The molecule has 0 fully saturated rings. The Morgan fingerprint density at radius 3 is 2.62 bits per heavy atom. The van der Waals surface area contributed by atoms with Crippen LogP contribution < -0.4 is 5.19 Å². The Bertz CT molecular complexity index is 406. The Balaban J connectivity index is 2.61. The van der Waals surface area contributed by atoms with Gasteiger partial charge in [-0.15, -0.1) is 0 Å². The molecule has 2 aromatic carbocycles. The van der Waals surface area contributed by atoms with E-state index in [0.29, 0.717) is 9.76 Å². The topological polar surface area (TPSA) is 9.23 Å². The summed E-state index contributed by atoms with van der Waals surface area (Å²) < 4.78 is 5.16. The van der Waals surface area contributed by atoms with Crippen molar-refractivity contribution in [1.29, 1.82) is 0 Å². The molecule has 0 aliphatic carbocycles. The number of benzene rings is 2. The normalized spacial score (nSPS) is 10.5. The van der Waals surface area contributed by atoms with Crippen LogP contribution in [0.3, 0.4) is 0 Å². The highest BCUT2D eigenvalue weighted by Gasteiger charge is 2.00. The van der Waals surface area contributed by atoms with Gasteiger partial charge in [0.2, 0.25) is 0 Å². The first-order valence-corrected chi connectivity index (χ1v) is 5.09. The van der Waals surface area contributed by atoms with Crippen LogP contribution in [0.25, 0.3) is 10.8 Å². The van der Waals surface area contributed by atoms with Gasteiger partial charge >= 0.3 is 0 Å². The van der Waals surface area contributed by atoms with Crippen molar-refractivity contribution in [3.8, 4) is 0 Å². The molecule has 0 saturated carbocycles. The minimum Gasteiger partial charge on any atom is -0.415 e. The van der Waals surface area contributed by atoms with E-state index in [1.54, 1.807) is 7.11 Å². The molecular weight excluding hydrogens is 176 g/mol. The van der Waals surface area contributed by atoms with E-state index in [0.717, 1.165) is 0 Å². The largest absolute Gasteiger partial charge is 0.415 e. The van der Waals surface area contributed by atoms with Crippen LogP contribution in [0, 0.1) is 0 Å². The van der Waals surface area contributed by atoms with Crippen LogP contribution in [-0.2, 0) is 4.43 Å². The predicted molar refractivity (Wildman–Crippen MR) is 56.3 cm³/mol. The first-order valence-electron chi connectivity index (χ1n) is 4.18. The third-order valence-electron chi connectivity index (χ3n) is 2.00. The first kappa shape index (κ1) is 8.47. The quantitative estimate of drug-likeness (QED) is 0.649. The lowest BCUT2D eigenvalue weighted by Gasteiger charge is -2.02. The summed E-state index contributed by atoms with van der Waals surface area (Å²) in [6.07, 6.45) is 0. The Labute approximate surface area is 80.3 Å². The predicted octanol–water partition coefficient (Wildman–Crippen LogP) is 1.73. The second-order valence-corrected chi connectivity index (χ2v) is 3.98. The summed E-state index contributed by atoms with van der Waals surface area (Å²) >= 11 is 0. The molecule has 0 heterocycles. The zero-order valence-corrected chi connectivity index (χ0v) is 8.45. The maximum Gasteiger partial charge on any atom is 0.268 e. The van der Waals surface area contributed by atoms with Crippen molar-refractivity contribution in [3.05, 3.63) is 42.5 Å². The molecule has 2 heteroatoms. The Morgan fingerprint density at radius 2 is 1.77 bits per heavy atom. The van der Waals surface area contributed by atoms with Crippen LogP contribution in [0.5, 0.6) is 0 Å². The van der Waals surface area contributed by atoms with Crippen molar-refractivity contribution in [1.82, 2.24) is 0 Å². The number of rotatable bonds is 2. The van der Waals surface area contributed by atoms with Gasteiger partial charge in [0.1, 0.15) is 0 Å². The molecule has 0 spiro atoms. The van der Waals surface area contributed by atoms with Crippen molar-refractivity contribution < 1.29 is 4.43 Å². The lowest BCUT2D eigenvalue weighted by Crippen LogP contribution is -2.16. The average Bonchev–Trinajstić information content (AvgIpc) is 2.19. The molecule has 64 valence electrons. The van der Waals surface area contributed by atoms with Crippen molar-refractivity contribution in [2.75, 3.05) is 7.11 Å². The second-order valence-electron chi connectivity index (χ2n) is 2.83. The van der Waals surface area contributed by atoms with Crippen molar-refractivity contribution in [3.63, 3.8) is 0 Å². The zero-order chi connectivity index (χ0) is 9.10. The van der Waals surface area contributed by atoms with Crippen LogP contribution in [0.2, 0.25) is 0 Å². The van der Waals surface area contributed by atoms with E-state index in [1.165, 1.54) is 16.0 Å². The summed E-state index contributed by atoms with van der Waals surface area (Å²) in [6.45, 7) is 0. The maximum absolute atomic E-state index is 5.16. The minimum absolute atomic E-state index is 0.441. The molecular formula is C11H10OSi. The van der Waals surface area contributed by atoms with Crippen LogP contribution in [0.15, 0.2) is 42.5 Å². The van der Waals surface area contributed by atoms with Gasteiger partial charge in [0.15, 0.2) is 0 Å². The molecule has 1 nitrogen and oxygen atoms in total. The van der Waals surface area contributed by atoms with E-state index in [-0.39, 0.29) is 0 Å². The van der Waals surface area contributed by atoms with E-state index in [1.807, 2.05) is 0 Å². The molecule has 0 unspecified atom stereocenters. The molecule has 0 aliphatic rings. The molecule has 0 bridgehead atoms. The molecule has 0 saturated heterocycles. The molecule has 0 aliphatic heterocycles. The first-order chi connectivity index (χ1) is 6.42. The number of fused-ring (bicyclic) bond motifs is 1. The van der Waals surface area contributed by atoms with E-state index in [2.05, 4.69) is 42.5 Å². The number of hydrogen-bond acceptors (Lipinski definition) is 1. The lowest BCUT2D eigenvalue weighted by atomic mass is 10.1. The van der Waals surface area contributed by atoms with Gasteiger partial charge in [-0.25, -0.2) is 0 Å². The van der Waals surface area contributed by atoms with Crippen molar-refractivity contribution >= 4 is 25.7 Å². The van der Waals surface area contributed by atoms with Crippen LogP contribution in [-0.4, -0.2) is 16.9 Å². The van der Waals surface area contributed by atoms with Gasteiger partial charge < -0.3 is 4.43 Å². The zero-order valence-electron chi connectivity index (χ0n) is 7.45. The SMILES string of the molecule is CO[Si]c1cccc2ccccc12. The van der Waals surface area contributed by atoms with Gasteiger partial charge in [-0.2, -0.15) is 0 Å². The van der Waals surface area contributed by atoms with Crippen molar-refractivity contribution in [2.24, 2.45) is 0 Å². The summed E-state index contributed by atoms with van der Waals surface area (Å²) in [5.74, 6) is 0. The fourth-order valence-corrected chi connectivity index (χ4v) is 2.15. The highest BCUT2D eigenvalue weighted by Crippen LogP contribution is 2.09. The van der Waals surface area contributed by atoms with E-state index < -0.39 is 0 Å². The Hall–Kier alpha value is -1.12. The van der Waals surface area contributed by atoms with Gasteiger partial charge in [-0.05, 0) is 16.0 Å². The lowest BCUT2D eigenvalue weighted by molar-refractivity contribution is 0.450. The molecule has 2 rings (SSSR count). The summed E-state index contributed by atoms with van der Waals surface area (Å²) in [5, 5.41) is 3.86. The van der Waals surface area contributed by atoms with Crippen LogP contribution >= 0.6 is 0 Å². The smallest absolute Gasteiger partial charge is 0.268 e. The average molecular weight is 186 g/mol. The number of hydrogen-bond donors (Lipinski definition) is 0. The van der Waals surface area contributed by atoms with Crippen LogP contribution in [0.4, 0.5) is 0 Å². The van der Waals surface area contributed by atoms with Gasteiger partial charge in [0, 0.05) is 7.11 Å². The van der Waals surface area contributed by atoms with E-state index in [9.17, 15) is 0 Å². The molecule has 0 aromatic heterocycles. The second kappa shape index (κ2) is 3.73. The third kappa shape index (κ3) is 1.64. The maximum atomic E-state index is 5.16. The van der Waals surface area contributed by atoms with E-state index in [4.69, 9.17) is 4.43 Å².